The highest BCUT2D eigenvalue weighted by atomic mass is 16.7. The van der Waals surface area contributed by atoms with Crippen LogP contribution in [0.25, 0.3) is 0 Å². The number of ether oxygens (including phenoxy) is 2. The number of amides is 2. The van der Waals surface area contributed by atoms with Crippen molar-refractivity contribution in [2.24, 2.45) is 0 Å². The van der Waals surface area contributed by atoms with Crippen LogP contribution in [0.5, 0.6) is 11.5 Å². The van der Waals surface area contributed by atoms with Crippen molar-refractivity contribution in [2.75, 3.05) is 6.79 Å². The Morgan fingerprint density at radius 2 is 1.74 bits per heavy atom. The molecule has 27 heavy (non-hydrogen) atoms. The monoisotopic (exact) mass is 368 g/mol. The van der Waals surface area contributed by atoms with Crippen LogP contribution < -0.4 is 20.1 Å². The van der Waals surface area contributed by atoms with Gasteiger partial charge < -0.3 is 20.1 Å². The predicted molar refractivity (Wildman–Crippen MR) is 101 cm³/mol. The molecule has 0 spiro atoms. The van der Waals surface area contributed by atoms with Crippen molar-refractivity contribution in [3.8, 4) is 11.5 Å². The fraction of sp³-hybridized carbons (Fsp3) is 0.333. The van der Waals surface area contributed by atoms with E-state index in [0.717, 1.165) is 16.9 Å². The van der Waals surface area contributed by atoms with E-state index in [0.29, 0.717) is 31.6 Å². The molecular weight excluding hydrogens is 344 g/mol. The largest absolute Gasteiger partial charge is 0.454 e. The van der Waals surface area contributed by atoms with Gasteiger partial charge >= 0.3 is 0 Å². The highest BCUT2D eigenvalue weighted by Gasteiger charge is 2.14. The number of fused-ring (bicyclic) bond motifs is 1. The minimum Gasteiger partial charge on any atom is -0.454 e. The van der Waals surface area contributed by atoms with Crippen LogP contribution >= 0.6 is 0 Å². The maximum Gasteiger partial charge on any atom is 0.231 e. The predicted octanol–water partition coefficient (Wildman–Crippen LogP) is 3.08. The van der Waals surface area contributed by atoms with Crippen molar-refractivity contribution in [1.82, 2.24) is 10.6 Å². The SMILES string of the molecule is CC(NC(=O)CCCC(=O)NCc1ccc2c(c1)OCO2)c1ccccc1. The number of rotatable bonds is 8. The van der Waals surface area contributed by atoms with E-state index in [4.69, 9.17) is 9.47 Å². The molecule has 2 aromatic carbocycles. The van der Waals surface area contributed by atoms with Gasteiger partial charge in [0.1, 0.15) is 0 Å². The first kappa shape index (κ1) is 18.8. The Morgan fingerprint density at radius 3 is 2.56 bits per heavy atom. The summed E-state index contributed by atoms with van der Waals surface area (Å²) in [5, 5.41) is 5.82. The Labute approximate surface area is 158 Å². The van der Waals surface area contributed by atoms with Gasteiger partial charge in [0.05, 0.1) is 6.04 Å². The van der Waals surface area contributed by atoms with Crippen molar-refractivity contribution < 1.29 is 19.1 Å². The summed E-state index contributed by atoms with van der Waals surface area (Å²) in [6.45, 7) is 2.61. The molecule has 6 heteroatoms. The molecule has 0 bridgehead atoms. The van der Waals surface area contributed by atoms with Gasteiger partial charge in [0, 0.05) is 19.4 Å². The van der Waals surface area contributed by atoms with E-state index < -0.39 is 0 Å². The van der Waals surface area contributed by atoms with E-state index in [2.05, 4.69) is 10.6 Å². The molecule has 2 N–H and O–H groups in total. The van der Waals surface area contributed by atoms with Crippen LogP contribution in [0.2, 0.25) is 0 Å². The molecule has 3 rings (SSSR count). The molecule has 2 amide bonds. The zero-order valence-corrected chi connectivity index (χ0v) is 15.4. The Bertz CT molecular complexity index is 792. The Balaban J connectivity index is 1.34. The van der Waals surface area contributed by atoms with Crippen molar-refractivity contribution >= 4 is 11.8 Å². The topological polar surface area (TPSA) is 76.7 Å². The maximum atomic E-state index is 12.0. The summed E-state index contributed by atoms with van der Waals surface area (Å²) in [5.74, 6) is 1.30. The van der Waals surface area contributed by atoms with Gasteiger partial charge in [-0.3, -0.25) is 9.59 Å². The van der Waals surface area contributed by atoms with Crippen LogP contribution in [-0.2, 0) is 16.1 Å². The van der Waals surface area contributed by atoms with Crippen LogP contribution in [0.1, 0.15) is 43.4 Å². The highest BCUT2D eigenvalue weighted by molar-refractivity contribution is 5.79. The number of carbonyl (C=O) groups excluding carboxylic acids is 2. The molecule has 0 radical (unpaired) electrons. The van der Waals surface area contributed by atoms with Gasteiger partial charge in [0.2, 0.25) is 18.6 Å². The zero-order valence-electron chi connectivity index (χ0n) is 15.4. The first-order valence-electron chi connectivity index (χ1n) is 9.11. The molecule has 0 fully saturated rings. The van der Waals surface area contributed by atoms with Gasteiger partial charge in [-0.15, -0.1) is 0 Å². The molecule has 0 saturated carbocycles. The molecule has 142 valence electrons. The van der Waals surface area contributed by atoms with E-state index in [1.807, 2.05) is 55.5 Å². The van der Waals surface area contributed by atoms with Gasteiger partial charge in [-0.05, 0) is 36.6 Å². The summed E-state index contributed by atoms with van der Waals surface area (Å²) in [6.07, 6.45) is 1.16. The first-order chi connectivity index (χ1) is 13.1. The van der Waals surface area contributed by atoms with Gasteiger partial charge in [-0.25, -0.2) is 0 Å². The smallest absolute Gasteiger partial charge is 0.231 e. The van der Waals surface area contributed by atoms with Crippen LogP contribution in [-0.4, -0.2) is 18.6 Å². The number of hydrogen-bond acceptors (Lipinski definition) is 4. The van der Waals surface area contributed by atoms with Crippen LogP contribution in [0.3, 0.4) is 0 Å². The zero-order chi connectivity index (χ0) is 19.1. The van der Waals surface area contributed by atoms with E-state index in [1.165, 1.54) is 0 Å². The summed E-state index contributed by atoms with van der Waals surface area (Å²) in [7, 11) is 0. The molecule has 0 aliphatic carbocycles. The number of benzene rings is 2. The van der Waals surface area contributed by atoms with E-state index in [9.17, 15) is 9.59 Å². The summed E-state index contributed by atoms with van der Waals surface area (Å²) in [5.41, 5.74) is 2.01. The van der Waals surface area contributed by atoms with Crippen molar-refractivity contribution in [3.05, 3.63) is 59.7 Å². The minimum absolute atomic E-state index is 0.0430. The molecule has 2 aromatic rings. The van der Waals surface area contributed by atoms with E-state index in [1.54, 1.807) is 0 Å². The van der Waals surface area contributed by atoms with E-state index in [-0.39, 0.29) is 24.6 Å². The lowest BCUT2D eigenvalue weighted by molar-refractivity contribution is -0.122. The lowest BCUT2D eigenvalue weighted by Gasteiger charge is -2.14. The van der Waals surface area contributed by atoms with Crippen molar-refractivity contribution in [1.29, 1.82) is 0 Å². The molecule has 0 aromatic heterocycles. The van der Waals surface area contributed by atoms with Gasteiger partial charge in [0.25, 0.3) is 0 Å². The average molecular weight is 368 g/mol. The molecule has 1 aliphatic rings. The molecule has 1 heterocycles. The summed E-state index contributed by atoms with van der Waals surface area (Å²) >= 11 is 0. The van der Waals surface area contributed by atoms with Gasteiger partial charge in [-0.2, -0.15) is 0 Å². The molecular formula is C21H24N2O4. The molecule has 1 unspecified atom stereocenters. The lowest BCUT2D eigenvalue weighted by atomic mass is 10.1. The number of carbonyl (C=O) groups is 2. The highest BCUT2D eigenvalue weighted by Crippen LogP contribution is 2.32. The standard InChI is InChI=1S/C21H24N2O4/c1-15(17-6-3-2-4-7-17)23-21(25)9-5-8-20(24)22-13-16-10-11-18-19(12-16)27-14-26-18/h2-4,6-7,10-12,15H,5,8-9,13-14H2,1H3,(H,22,24)(H,23,25). The first-order valence-corrected chi connectivity index (χ1v) is 9.11. The third-order valence-electron chi connectivity index (χ3n) is 4.41. The fourth-order valence-electron chi connectivity index (χ4n) is 2.89. The lowest BCUT2D eigenvalue weighted by Crippen LogP contribution is -2.27. The minimum atomic E-state index is -0.0726. The quantitative estimate of drug-likeness (QED) is 0.751. The normalized spacial score (nSPS) is 13.1. The third-order valence-corrected chi connectivity index (χ3v) is 4.41. The Kier molecular flexibility index (Phi) is 6.30. The molecule has 1 atom stereocenters. The summed E-state index contributed by atoms with van der Waals surface area (Å²) in [4.78, 5) is 24.0. The summed E-state index contributed by atoms with van der Waals surface area (Å²) in [6, 6.07) is 15.3. The Hall–Kier alpha value is -3.02. The number of nitrogens with one attached hydrogen (secondary N) is 2. The fourth-order valence-corrected chi connectivity index (χ4v) is 2.89. The molecule has 0 saturated heterocycles. The summed E-state index contributed by atoms with van der Waals surface area (Å²) < 4.78 is 10.6. The second-order valence-electron chi connectivity index (χ2n) is 6.52. The average Bonchev–Trinajstić information content (AvgIpc) is 3.15. The van der Waals surface area contributed by atoms with Crippen molar-refractivity contribution in [3.63, 3.8) is 0 Å². The molecule has 6 nitrogen and oxygen atoms in total. The van der Waals surface area contributed by atoms with Crippen LogP contribution in [0.4, 0.5) is 0 Å². The second-order valence-corrected chi connectivity index (χ2v) is 6.52. The number of hydrogen-bond donors (Lipinski definition) is 2. The van der Waals surface area contributed by atoms with Crippen LogP contribution in [0, 0.1) is 0 Å². The maximum absolute atomic E-state index is 12.0. The van der Waals surface area contributed by atoms with Gasteiger partial charge in [-0.1, -0.05) is 36.4 Å². The van der Waals surface area contributed by atoms with Crippen molar-refractivity contribution in [2.45, 2.75) is 38.8 Å². The van der Waals surface area contributed by atoms with Gasteiger partial charge in [0.15, 0.2) is 11.5 Å². The van der Waals surface area contributed by atoms with E-state index >= 15 is 0 Å². The second kappa shape index (κ2) is 9.07. The van der Waals surface area contributed by atoms with Crippen LogP contribution in [0.15, 0.2) is 48.5 Å². The Morgan fingerprint density at radius 1 is 1.00 bits per heavy atom. The third kappa shape index (κ3) is 5.48. The molecule has 1 aliphatic heterocycles.